The van der Waals surface area contributed by atoms with Gasteiger partial charge in [-0.15, -0.1) is 21.5 Å². The van der Waals surface area contributed by atoms with Gasteiger partial charge >= 0.3 is 0 Å². The van der Waals surface area contributed by atoms with Crippen LogP contribution in [0.2, 0.25) is 0 Å². The van der Waals surface area contributed by atoms with E-state index in [-0.39, 0.29) is 11.8 Å². The van der Waals surface area contributed by atoms with E-state index in [2.05, 4.69) is 38.4 Å². The third kappa shape index (κ3) is 5.13. The second kappa shape index (κ2) is 10.5. The van der Waals surface area contributed by atoms with Crippen LogP contribution >= 0.6 is 23.1 Å². The first kappa shape index (κ1) is 23.5. The van der Waals surface area contributed by atoms with Crippen molar-refractivity contribution in [3.05, 3.63) is 76.4 Å². The van der Waals surface area contributed by atoms with Gasteiger partial charge in [-0.05, 0) is 43.8 Å². The quantitative estimate of drug-likeness (QED) is 0.217. The molecule has 0 aliphatic rings. The van der Waals surface area contributed by atoms with Gasteiger partial charge in [0, 0.05) is 24.1 Å². The molecule has 0 N–H and O–H groups in total. The lowest BCUT2D eigenvalue weighted by molar-refractivity contribution is 0.102. The van der Waals surface area contributed by atoms with Crippen LogP contribution in [-0.2, 0) is 11.3 Å². The highest BCUT2D eigenvalue weighted by atomic mass is 32.2. The zero-order chi connectivity index (χ0) is 23.4. The summed E-state index contributed by atoms with van der Waals surface area (Å²) in [5.74, 6) is 1.23. The van der Waals surface area contributed by atoms with Crippen molar-refractivity contribution in [3.8, 4) is 10.7 Å². The molecule has 0 amide bonds. The van der Waals surface area contributed by atoms with Gasteiger partial charge in [0.2, 0.25) is 0 Å². The number of aryl methyl sites for hydroxylation is 1. The lowest BCUT2D eigenvalue weighted by atomic mass is 10.2. The highest BCUT2D eigenvalue weighted by molar-refractivity contribution is 7.99. The highest BCUT2D eigenvalue weighted by Gasteiger charge is 2.21. The molecule has 172 valence electrons. The van der Waals surface area contributed by atoms with E-state index in [1.54, 1.807) is 18.4 Å². The van der Waals surface area contributed by atoms with Crippen LogP contribution in [0.1, 0.15) is 40.3 Å². The Labute approximate surface area is 202 Å². The van der Waals surface area contributed by atoms with E-state index in [9.17, 15) is 4.79 Å². The molecule has 6 nitrogen and oxygen atoms in total. The molecule has 0 fully saturated rings. The molecule has 1 unspecified atom stereocenters. The largest absolute Gasteiger partial charge is 0.383 e. The molecule has 3 aromatic heterocycles. The fraction of sp³-hybridized carbons (Fsp3) is 0.320. The predicted molar refractivity (Wildman–Crippen MR) is 134 cm³/mol. The van der Waals surface area contributed by atoms with Crippen molar-refractivity contribution in [2.75, 3.05) is 19.5 Å². The number of aromatic nitrogens is 4. The first-order chi connectivity index (χ1) is 16.0. The summed E-state index contributed by atoms with van der Waals surface area (Å²) in [7, 11) is 1.70. The first-order valence-electron chi connectivity index (χ1n) is 10.8. The minimum absolute atomic E-state index is 0.0934. The molecule has 0 saturated carbocycles. The van der Waals surface area contributed by atoms with Crippen molar-refractivity contribution in [2.24, 2.45) is 0 Å². The van der Waals surface area contributed by atoms with Crippen LogP contribution in [0.15, 0.2) is 59.1 Å². The highest BCUT2D eigenvalue weighted by Crippen LogP contribution is 2.29. The number of benzene rings is 1. The normalized spacial score (nSPS) is 12.2. The number of ketones is 1. The Morgan fingerprint density at radius 2 is 1.94 bits per heavy atom. The molecule has 8 heteroatoms. The topological polar surface area (TPSA) is 61.9 Å². The average Bonchev–Trinajstić information content (AvgIpc) is 3.53. The van der Waals surface area contributed by atoms with Crippen LogP contribution in [0, 0.1) is 13.8 Å². The Balaban J connectivity index is 1.56. The van der Waals surface area contributed by atoms with Gasteiger partial charge in [-0.3, -0.25) is 9.36 Å². The zero-order valence-electron chi connectivity index (χ0n) is 19.3. The number of hydrogen-bond acceptors (Lipinski definition) is 6. The van der Waals surface area contributed by atoms with Gasteiger partial charge in [-0.2, -0.15) is 0 Å². The van der Waals surface area contributed by atoms with E-state index >= 15 is 0 Å². The van der Waals surface area contributed by atoms with Gasteiger partial charge < -0.3 is 9.30 Å². The maximum atomic E-state index is 13.2. The number of ether oxygens (including phenoxy) is 1. The average molecular weight is 481 g/mol. The molecule has 33 heavy (non-hydrogen) atoms. The number of thiophene rings is 1. The van der Waals surface area contributed by atoms with Gasteiger partial charge in [0.1, 0.15) is 0 Å². The Morgan fingerprint density at radius 1 is 1.15 bits per heavy atom. The summed E-state index contributed by atoms with van der Waals surface area (Å²) in [5.41, 5.74) is 3.97. The number of rotatable bonds is 10. The smallest absolute Gasteiger partial charge is 0.192 e. The molecular formula is C25H28N4O2S2. The predicted octanol–water partition coefficient (Wildman–Crippen LogP) is 5.66. The van der Waals surface area contributed by atoms with Crippen molar-refractivity contribution in [3.63, 3.8) is 0 Å². The van der Waals surface area contributed by atoms with Crippen LogP contribution in [0.3, 0.4) is 0 Å². The number of carbonyl (C=O) groups is 1. The number of Topliss-reactive ketones (excluding diaryl/α,β-unsaturated/α-hetero) is 1. The second-order valence-corrected chi connectivity index (χ2v) is 9.92. The third-order valence-corrected chi connectivity index (χ3v) is 7.44. The summed E-state index contributed by atoms with van der Waals surface area (Å²) in [6, 6.07) is 16.5. The molecule has 0 aliphatic heterocycles. The molecule has 3 heterocycles. The van der Waals surface area contributed by atoms with Crippen molar-refractivity contribution in [1.82, 2.24) is 19.3 Å². The van der Waals surface area contributed by atoms with E-state index < -0.39 is 0 Å². The van der Waals surface area contributed by atoms with Crippen molar-refractivity contribution in [2.45, 2.75) is 38.5 Å². The van der Waals surface area contributed by atoms with Crippen LogP contribution < -0.4 is 0 Å². The number of thioether (sulfide) groups is 1. The van der Waals surface area contributed by atoms with Gasteiger partial charge in [-0.1, -0.05) is 48.2 Å². The molecule has 0 radical (unpaired) electrons. The second-order valence-electron chi connectivity index (χ2n) is 8.03. The van der Waals surface area contributed by atoms with Crippen molar-refractivity contribution >= 4 is 28.9 Å². The lowest BCUT2D eigenvalue weighted by Gasteiger charge is -2.17. The van der Waals surface area contributed by atoms with E-state index in [1.165, 1.54) is 17.3 Å². The number of nitrogens with zero attached hydrogens (tertiary/aromatic N) is 4. The molecular weight excluding hydrogens is 452 g/mol. The van der Waals surface area contributed by atoms with Gasteiger partial charge in [0.15, 0.2) is 16.8 Å². The SMILES string of the molecule is COCC(C)n1c(C)cc(C(=O)CSc2nnc(-c3cccs3)n2Cc2ccccc2)c1C. The molecule has 4 aromatic rings. The van der Waals surface area contributed by atoms with Gasteiger partial charge in [0.25, 0.3) is 0 Å². The summed E-state index contributed by atoms with van der Waals surface area (Å²) < 4.78 is 9.59. The third-order valence-electron chi connectivity index (χ3n) is 5.61. The van der Waals surface area contributed by atoms with Gasteiger partial charge in [0.05, 0.1) is 29.8 Å². The van der Waals surface area contributed by atoms with Gasteiger partial charge in [-0.25, -0.2) is 0 Å². The van der Waals surface area contributed by atoms with Crippen LogP contribution in [-0.4, -0.2) is 44.6 Å². The summed E-state index contributed by atoms with van der Waals surface area (Å²) in [5, 5.41) is 11.7. The molecule has 0 spiro atoms. The molecule has 1 atom stereocenters. The molecule has 1 aromatic carbocycles. The number of carbonyl (C=O) groups excluding carboxylic acids is 1. The minimum atomic E-state index is 0.0934. The lowest BCUT2D eigenvalue weighted by Crippen LogP contribution is -2.15. The Morgan fingerprint density at radius 3 is 2.64 bits per heavy atom. The van der Waals surface area contributed by atoms with Crippen molar-refractivity contribution < 1.29 is 9.53 Å². The van der Waals surface area contributed by atoms with E-state index in [1.807, 2.05) is 55.6 Å². The monoisotopic (exact) mass is 480 g/mol. The molecule has 4 rings (SSSR count). The van der Waals surface area contributed by atoms with Crippen molar-refractivity contribution in [1.29, 1.82) is 0 Å². The molecule has 0 bridgehead atoms. The Hall–Kier alpha value is -2.68. The first-order valence-corrected chi connectivity index (χ1v) is 12.7. The maximum Gasteiger partial charge on any atom is 0.192 e. The summed E-state index contributed by atoms with van der Waals surface area (Å²) >= 11 is 3.08. The summed E-state index contributed by atoms with van der Waals surface area (Å²) in [6.45, 7) is 7.40. The standard InChI is InChI=1S/C25H28N4O2S2/c1-17-13-21(19(3)29(17)18(2)15-31-4)22(30)16-33-25-27-26-24(23-11-8-12-32-23)28(25)14-20-9-6-5-7-10-20/h5-13,18H,14-16H2,1-4H3. The fourth-order valence-electron chi connectivity index (χ4n) is 4.15. The Bertz CT molecular complexity index is 1210. The Kier molecular flexibility index (Phi) is 7.47. The number of methoxy groups -OCH3 is 1. The van der Waals surface area contributed by atoms with E-state index in [4.69, 9.17) is 4.74 Å². The summed E-state index contributed by atoms with van der Waals surface area (Å²) in [6.07, 6.45) is 0. The maximum absolute atomic E-state index is 13.2. The van der Waals surface area contributed by atoms with Crippen LogP contribution in [0.5, 0.6) is 0 Å². The number of hydrogen-bond donors (Lipinski definition) is 0. The fourth-order valence-corrected chi connectivity index (χ4v) is 5.69. The van der Waals surface area contributed by atoms with Crippen LogP contribution in [0.25, 0.3) is 10.7 Å². The summed E-state index contributed by atoms with van der Waals surface area (Å²) in [4.78, 5) is 14.2. The zero-order valence-corrected chi connectivity index (χ0v) is 20.9. The van der Waals surface area contributed by atoms with Crippen LogP contribution in [0.4, 0.5) is 0 Å². The molecule has 0 saturated heterocycles. The molecule has 0 aliphatic carbocycles. The minimum Gasteiger partial charge on any atom is -0.383 e. The van der Waals surface area contributed by atoms with E-state index in [0.29, 0.717) is 18.9 Å². The van der Waals surface area contributed by atoms with E-state index in [0.717, 1.165) is 32.8 Å².